The van der Waals surface area contributed by atoms with E-state index in [0.29, 0.717) is 12.1 Å². The maximum Gasteiger partial charge on any atom is 0.410 e. The monoisotopic (exact) mass is 281 g/mol. The van der Waals surface area contributed by atoms with E-state index >= 15 is 0 Å². The molecule has 1 atom stereocenters. The number of amides is 1. The van der Waals surface area contributed by atoms with E-state index in [1.807, 2.05) is 48.5 Å². The van der Waals surface area contributed by atoms with Gasteiger partial charge in [0.05, 0.1) is 0 Å². The number of nitrogens with zero attached hydrogens (tertiary/aromatic N) is 1. The summed E-state index contributed by atoms with van der Waals surface area (Å²) in [7, 11) is 0. The third-order valence-corrected chi connectivity index (χ3v) is 3.53. The summed E-state index contributed by atoms with van der Waals surface area (Å²) in [5, 5.41) is 0. The molecule has 0 aromatic heterocycles. The summed E-state index contributed by atoms with van der Waals surface area (Å²) >= 11 is 0. The van der Waals surface area contributed by atoms with Gasteiger partial charge in [-0.1, -0.05) is 60.7 Å². The Balaban J connectivity index is 1.81. The molecule has 1 aliphatic heterocycles. The molecule has 1 aliphatic rings. The molecule has 21 heavy (non-hydrogen) atoms. The third kappa shape index (κ3) is 2.79. The molecular formula is C17H15NO3. The highest BCUT2D eigenvalue weighted by Gasteiger charge is 2.38. The summed E-state index contributed by atoms with van der Waals surface area (Å²) in [6.07, 6.45) is -0.437. The van der Waals surface area contributed by atoms with Gasteiger partial charge in [-0.25, -0.2) is 4.79 Å². The highest BCUT2D eigenvalue weighted by atomic mass is 16.6. The van der Waals surface area contributed by atoms with E-state index in [4.69, 9.17) is 4.74 Å². The number of benzene rings is 2. The van der Waals surface area contributed by atoms with Crippen LogP contribution in [-0.4, -0.2) is 29.4 Å². The number of hydrogen-bond acceptors (Lipinski definition) is 3. The summed E-state index contributed by atoms with van der Waals surface area (Å²) in [5.74, 6) is -0.0858. The minimum Gasteiger partial charge on any atom is -0.447 e. The van der Waals surface area contributed by atoms with Crippen molar-refractivity contribution in [3.05, 3.63) is 71.8 Å². The zero-order valence-electron chi connectivity index (χ0n) is 11.4. The molecule has 0 bridgehead atoms. The van der Waals surface area contributed by atoms with E-state index in [1.165, 1.54) is 4.90 Å². The summed E-state index contributed by atoms with van der Waals surface area (Å²) < 4.78 is 5.06. The van der Waals surface area contributed by atoms with Crippen molar-refractivity contribution in [1.82, 2.24) is 4.90 Å². The van der Waals surface area contributed by atoms with Crippen LogP contribution in [0, 0.1) is 0 Å². The average Bonchev–Trinajstić information content (AvgIpc) is 2.90. The predicted octanol–water partition coefficient (Wildman–Crippen LogP) is 2.89. The van der Waals surface area contributed by atoms with Gasteiger partial charge in [0.2, 0.25) is 0 Å². The van der Waals surface area contributed by atoms with Gasteiger partial charge < -0.3 is 4.74 Å². The molecule has 4 heteroatoms. The first-order valence-electron chi connectivity index (χ1n) is 6.82. The lowest BCUT2D eigenvalue weighted by Crippen LogP contribution is -2.39. The predicted molar refractivity (Wildman–Crippen MR) is 77.9 cm³/mol. The first kappa shape index (κ1) is 13.4. The lowest BCUT2D eigenvalue weighted by molar-refractivity contribution is 0.0885. The second-order valence-electron chi connectivity index (χ2n) is 4.94. The van der Waals surface area contributed by atoms with Gasteiger partial charge >= 0.3 is 6.09 Å². The van der Waals surface area contributed by atoms with Crippen molar-refractivity contribution in [3.63, 3.8) is 0 Å². The molecule has 3 rings (SSSR count). The molecule has 0 radical (unpaired) electrons. The summed E-state index contributed by atoms with van der Waals surface area (Å²) in [5.41, 5.74) is 1.57. The molecule has 0 unspecified atom stereocenters. The van der Waals surface area contributed by atoms with Crippen LogP contribution >= 0.6 is 0 Å². The van der Waals surface area contributed by atoms with Gasteiger partial charge in [0.1, 0.15) is 12.6 Å². The van der Waals surface area contributed by atoms with Crippen LogP contribution in [0.4, 0.5) is 4.79 Å². The van der Waals surface area contributed by atoms with E-state index in [0.717, 1.165) is 5.56 Å². The number of ketones is 1. The average molecular weight is 281 g/mol. The topological polar surface area (TPSA) is 46.6 Å². The Morgan fingerprint density at radius 2 is 1.67 bits per heavy atom. The Labute approximate surface area is 123 Å². The quantitative estimate of drug-likeness (QED) is 0.810. The van der Waals surface area contributed by atoms with Crippen LogP contribution in [0.5, 0.6) is 0 Å². The molecule has 2 aromatic carbocycles. The minimum absolute atomic E-state index is 0.0858. The Bertz CT molecular complexity index is 640. The first-order chi connectivity index (χ1) is 10.3. The number of carbonyl (C=O) groups is 2. The van der Waals surface area contributed by atoms with E-state index < -0.39 is 12.1 Å². The molecular weight excluding hydrogens is 266 g/mol. The van der Waals surface area contributed by atoms with Crippen LogP contribution in [-0.2, 0) is 11.3 Å². The van der Waals surface area contributed by atoms with Crippen molar-refractivity contribution < 1.29 is 14.3 Å². The maximum atomic E-state index is 12.5. The van der Waals surface area contributed by atoms with Gasteiger partial charge in [-0.2, -0.15) is 0 Å². The Hall–Kier alpha value is -2.62. The fourth-order valence-corrected chi connectivity index (χ4v) is 2.42. The van der Waals surface area contributed by atoms with Crippen LogP contribution in [0.25, 0.3) is 0 Å². The van der Waals surface area contributed by atoms with Crippen molar-refractivity contribution in [2.45, 2.75) is 12.6 Å². The van der Waals surface area contributed by atoms with Crippen molar-refractivity contribution in [1.29, 1.82) is 0 Å². The fourth-order valence-electron chi connectivity index (χ4n) is 2.42. The Morgan fingerprint density at radius 1 is 1.05 bits per heavy atom. The second kappa shape index (κ2) is 5.79. The Kier molecular flexibility index (Phi) is 3.69. The van der Waals surface area contributed by atoms with Crippen molar-refractivity contribution >= 4 is 11.9 Å². The van der Waals surface area contributed by atoms with Gasteiger partial charge in [-0.15, -0.1) is 0 Å². The van der Waals surface area contributed by atoms with Crippen LogP contribution in [0.1, 0.15) is 15.9 Å². The molecule has 1 heterocycles. The van der Waals surface area contributed by atoms with E-state index in [2.05, 4.69) is 0 Å². The van der Waals surface area contributed by atoms with Crippen molar-refractivity contribution in [3.8, 4) is 0 Å². The molecule has 0 aliphatic carbocycles. The highest BCUT2D eigenvalue weighted by molar-refractivity contribution is 6.02. The van der Waals surface area contributed by atoms with E-state index in [9.17, 15) is 9.59 Å². The summed E-state index contributed by atoms with van der Waals surface area (Å²) in [6.45, 7) is 0.488. The van der Waals surface area contributed by atoms with E-state index in [1.54, 1.807) is 12.1 Å². The van der Waals surface area contributed by atoms with Crippen LogP contribution in [0.15, 0.2) is 60.7 Å². The summed E-state index contributed by atoms with van der Waals surface area (Å²) in [4.78, 5) is 25.9. The smallest absolute Gasteiger partial charge is 0.410 e. The standard InChI is InChI=1S/C17H15NO3/c19-16(14-9-5-2-6-10-14)15-12-21-17(20)18(15)11-13-7-3-1-4-8-13/h1-10,15H,11-12H2/t15-/m0/s1. The molecule has 1 fully saturated rings. The molecule has 106 valence electrons. The number of rotatable bonds is 4. The maximum absolute atomic E-state index is 12.5. The summed E-state index contributed by atoms with van der Waals surface area (Å²) in [6, 6.07) is 18.0. The first-order valence-corrected chi connectivity index (χ1v) is 6.82. The highest BCUT2D eigenvalue weighted by Crippen LogP contribution is 2.20. The van der Waals surface area contributed by atoms with Gasteiger partial charge in [0, 0.05) is 12.1 Å². The number of ether oxygens (including phenoxy) is 1. The third-order valence-electron chi connectivity index (χ3n) is 3.53. The molecule has 1 amide bonds. The zero-order valence-corrected chi connectivity index (χ0v) is 11.4. The minimum atomic E-state index is -0.555. The van der Waals surface area contributed by atoms with Crippen molar-refractivity contribution in [2.75, 3.05) is 6.61 Å². The number of cyclic esters (lactones) is 1. The van der Waals surface area contributed by atoms with Crippen LogP contribution in [0.3, 0.4) is 0 Å². The van der Waals surface area contributed by atoms with E-state index in [-0.39, 0.29) is 12.4 Å². The Morgan fingerprint density at radius 3 is 2.33 bits per heavy atom. The number of carbonyl (C=O) groups excluding carboxylic acids is 2. The number of Topliss-reactive ketones (excluding diaryl/α,β-unsaturated/α-hetero) is 1. The second-order valence-corrected chi connectivity index (χ2v) is 4.94. The van der Waals surface area contributed by atoms with Crippen molar-refractivity contribution in [2.24, 2.45) is 0 Å². The van der Waals surface area contributed by atoms with Crippen LogP contribution in [0.2, 0.25) is 0 Å². The van der Waals surface area contributed by atoms with Gasteiger partial charge in [-0.05, 0) is 5.56 Å². The fraction of sp³-hybridized carbons (Fsp3) is 0.176. The van der Waals surface area contributed by atoms with Gasteiger partial charge in [-0.3, -0.25) is 9.69 Å². The SMILES string of the molecule is O=C(c1ccccc1)[C@@H]1COC(=O)N1Cc1ccccc1. The molecule has 0 saturated carbocycles. The lowest BCUT2D eigenvalue weighted by Gasteiger charge is -2.20. The molecule has 2 aromatic rings. The molecule has 0 N–H and O–H groups in total. The van der Waals surface area contributed by atoms with Gasteiger partial charge in [0.25, 0.3) is 0 Å². The van der Waals surface area contributed by atoms with Gasteiger partial charge in [0.15, 0.2) is 5.78 Å². The molecule has 1 saturated heterocycles. The molecule has 4 nitrogen and oxygen atoms in total. The lowest BCUT2D eigenvalue weighted by atomic mass is 10.0. The zero-order chi connectivity index (χ0) is 14.7. The largest absolute Gasteiger partial charge is 0.447 e. The normalized spacial score (nSPS) is 17.6. The number of hydrogen-bond donors (Lipinski definition) is 0. The van der Waals surface area contributed by atoms with Crippen LogP contribution < -0.4 is 0 Å². The molecule has 0 spiro atoms.